The van der Waals surface area contributed by atoms with E-state index in [1.54, 1.807) is 30.3 Å². The van der Waals surface area contributed by atoms with Crippen molar-refractivity contribution in [2.45, 2.75) is 12.8 Å². The van der Waals surface area contributed by atoms with Gasteiger partial charge in [-0.3, -0.25) is 4.79 Å². The topological polar surface area (TPSA) is 46.5 Å². The molecule has 0 radical (unpaired) electrons. The molecule has 104 valence electrons. The van der Waals surface area contributed by atoms with Crippen LogP contribution < -0.4 is 4.74 Å². The lowest BCUT2D eigenvalue weighted by Crippen LogP contribution is -2.19. The molecule has 0 amide bonds. The Kier molecular flexibility index (Phi) is 4.64. The van der Waals surface area contributed by atoms with Gasteiger partial charge in [0, 0.05) is 5.02 Å². The minimum atomic E-state index is -0.899. The van der Waals surface area contributed by atoms with Crippen LogP contribution in [-0.2, 0) is 4.79 Å². The molecule has 2 aromatic rings. The zero-order valence-electron chi connectivity index (χ0n) is 11.0. The SMILES string of the molecule is Cc1cccc(C(COc2ccc(Cl)cc2)C(=O)O)c1. The van der Waals surface area contributed by atoms with Crippen molar-refractivity contribution in [1.29, 1.82) is 0 Å². The zero-order chi connectivity index (χ0) is 14.5. The second kappa shape index (κ2) is 6.44. The standard InChI is InChI=1S/C16H15ClO3/c1-11-3-2-4-12(9-11)15(16(18)19)10-20-14-7-5-13(17)6-8-14/h2-9,15H,10H2,1H3,(H,18,19). The van der Waals surface area contributed by atoms with Gasteiger partial charge in [-0.2, -0.15) is 0 Å². The average molecular weight is 291 g/mol. The lowest BCUT2D eigenvalue weighted by atomic mass is 9.98. The number of halogens is 1. The van der Waals surface area contributed by atoms with Gasteiger partial charge in [0.25, 0.3) is 0 Å². The Bertz CT molecular complexity index is 593. The second-order valence-electron chi connectivity index (χ2n) is 4.57. The summed E-state index contributed by atoms with van der Waals surface area (Å²) in [5, 5.41) is 9.96. The normalized spacial score (nSPS) is 11.9. The fraction of sp³-hybridized carbons (Fsp3) is 0.188. The van der Waals surface area contributed by atoms with Gasteiger partial charge in [-0.1, -0.05) is 41.4 Å². The molecule has 0 saturated heterocycles. The van der Waals surface area contributed by atoms with E-state index in [0.29, 0.717) is 10.8 Å². The highest BCUT2D eigenvalue weighted by atomic mass is 35.5. The summed E-state index contributed by atoms with van der Waals surface area (Å²) in [6, 6.07) is 14.3. The highest BCUT2D eigenvalue weighted by Crippen LogP contribution is 2.21. The van der Waals surface area contributed by atoms with Crippen molar-refractivity contribution in [2.75, 3.05) is 6.61 Å². The van der Waals surface area contributed by atoms with Gasteiger partial charge in [-0.05, 0) is 36.8 Å². The summed E-state index contributed by atoms with van der Waals surface area (Å²) >= 11 is 5.79. The average Bonchev–Trinajstić information content (AvgIpc) is 2.41. The summed E-state index contributed by atoms with van der Waals surface area (Å²) in [6.45, 7) is 2.02. The van der Waals surface area contributed by atoms with Gasteiger partial charge in [0.2, 0.25) is 0 Å². The molecule has 0 fully saturated rings. The van der Waals surface area contributed by atoms with Crippen molar-refractivity contribution in [2.24, 2.45) is 0 Å². The van der Waals surface area contributed by atoms with Crippen molar-refractivity contribution in [3.63, 3.8) is 0 Å². The molecule has 3 nitrogen and oxygen atoms in total. The molecule has 1 unspecified atom stereocenters. The zero-order valence-corrected chi connectivity index (χ0v) is 11.8. The number of aliphatic carboxylic acids is 1. The van der Waals surface area contributed by atoms with E-state index in [-0.39, 0.29) is 6.61 Å². The van der Waals surface area contributed by atoms with Crippen molar-refractivity contribution in [3.05, 3.63) is 64.7 Å². The summed E-state index contributed by atoms with van der Waals surface area (Å²) in [6.07, 6.45) is 0. The Morgan fingerprint density at radius 3 is 2.55 bits per heavy atom. The predicted molar refractivity (Wildman–Crippen MR) is 78.5 cm³/mol. The van der Waals surface area contributed by atoms with Crippen LogP contribution in [0.4, 0.5) is 0 Å². The van der Waals surface area contributed by atoms with Crippen LogP contribution in [0.25, 0.3) is 0 Å². The smallest absolute Gasteiger partial charge is 0.314 e. The molecular weight excluding hydrogens is 276 g/mol. The number of carboxylic acids is 1. The molecule has 0 saturated carbocycles. The Labute approximate surface area is 122 Å². The van der Waals surface area contributed by atoms with Crippen LogP contribution in [0.5, 0.6) is 5.75 Å². The fourth-order valence-corrected chi connectivity index (χ4v) is 2.03. The van der Waals surface area contributed by atoms with Crippen molar-refractivity contribution < 1.29 is 14.6 Å². The molecule has 0 aliphatic heterocycles. The second-order valence-corrected chi connectivity index (χ2v) is 5.01. The molecule has 0 aromatic heterocycles. The van der Waals surface area contributed by atoms with E-state index >= 15 is 0 Å². The summed E-state index contributed by atoms with van der Waals surface area (Å²) in [7, 11) is 0. The van der Waals surface area contributed by atoms with Crippen LogP contribution in [-0.4, -0.2) is 17.7 Å². The van der Waals surface area contributed by atoms with E-state index in [9.17, 15) is 9.90 Å². The van der Waals surface area contributed by atoms with Crippen molar-refractivity contribution in [1.82, 2.24) is 0 Å². The molecule has 0 aliphatic carbocycles. The summed E-state index contributed by atoms with van der Waals surface area (Å²) in [4.78, 5) is 11.4. The predicted octanol–water partition coefficient (Wildman–Crippen LogP) is 3.90. The Balaban J connectivity index is 2.10. The van der Waals surface area contributed by atoms with Gasteiger partial charge in [0.05, 0.1) is 0 Å². The van der Waals surface area contributed by atoms with Gasteiger partial charge in [-0.25, -0.2) is 0 Å². The number of aryl methyl sites for hydroxylation is 1. The van der Waals surface area contributed by atoms with E-state index in [0.717, 1.165) is 11.1 Å². The first-order chi connectivity index (χ1) is 9.56. The van der Waals surface area contributed by atoms with Crippen LogP contribution in [0.3, 0.4) is 0 Å². The first kappa shape index (κ1) is 14.4. The molecule has 0 heterocycles. The molecule has 0 aliphatic rings. The van der Waals surface area contributed by atoms with Crippen LogP contribution in [0.2, 0.25) is 5.02 Å². The Morgan fingerprint density at radius 1 is 1.25 bits per heavy atom. The maximum absolute atomic E-state index is 11.4. The minimum absolute atomic E-state index is 0.0837. The Morgan fingerprint density at radius 2 is 1.95 bits per heavy atom. The van der Waals surface area contributed by atoms with E-state index in [2.05, 4.69) is 0 Å². The number of benzene rings is 2. The number of hydrogen-bond acceptors (Lipinski definition) is 2. The van der Waals surface area contributed by atoms with Gasteiger partial charge in [0.1, 0.15) is 18.3 Å². The summed E-state index contributed by atoms with van der Waals surface area (Å²) in [5.74, 6) is -0.983. The number of carbonyl (C=O) groups is 1. The lowest BCUT2D eigenvalue weighted by Gasteiger charge is -2.14. The van der Waals surface area contributed by atoms with Gasteiger partial charge in [-0.15, -0.1) is 0 Å². The molecule has 4 heteroatoms. The number of ether oxygens (including phenoxy) is 1. The molecule has 0 bridgehead atoms. The summed E-state index contributed by atoms with van der Waals surface area (Å²) < 4.78 is 5.54. The maximum Gasteiger partial charge on any atom is 0.314 e. The Hall–Kier alpha value is -2.00. The summed E-state index contributed by atoms with van der Waals surface area (Å²) in [5.41, 5.74) is 1.77. The van der Waals surface area contributed by atoms with Gasteiger partial charge >= 0.3 is 5.97 Å². The molecular formula is C16H15ClO3. The molecule has 1 N–H and O–H groups in total. The molecule has 2 aromatic carbocycles. The first-order valence-electron chi connectivity index (χ1n) is 6.24. The quantitative estimate of drug-likeness (QED) is 0.908. The minimum Gasteiger partial charge on any atom is -0.492 e. The van der Waals surface area contributed by atoms with Crippen molar-refractivity contribution >= 4 is 17.6 Å². The van der Waals surface area contributed by atoms with E-state index in [1.807, 2.05) is 25.1 Å². The monoisotopic (exact) mass is 290 g/mol. The van der Waals surface area contributed by atoms with Crippen LogP contribution in [0.15, 0.2) is 48.5 Å². The van der Waals surface area contributed by atoms with E-state index < -0.39 is 11.9 Å². The number of carboxylic acid groups (broad SMARTS) is 1. The molecule has 1 atom stereocenters. The fourth-order valence-electron chi connectivity index (χ4n) is 1.91. The molecule has 0 spiro atoms. The van der Waals surface area contributed by atoms with Crippen LogP contribution in [0, 0.1) is 6.92 Å². The van der Waals surface area contributed by atoms with Crippen LogP contribution in [0.1, 0.15) is 17.0 Å². The number of rotatable bonds is 5. The van der Waals surface area contributed by atoms with Gasteiger partial charge in [0.15, 0.2) is 0 Å². The highest BCUT2D eigenvalue weighted by molar-refractivity contribution is 6.30. The maximum atomic E-state index is 11.4. The lowest BCUT2D eigenvalue weighted by molar-refractivity contribution is -0.139. The van der Waals surface area contributed by atoms with E-state index in [1.165, 1.54) is 0 Å². The molecule has 2 rings (SSSR count). The third-order valence-electron chi connectivity index (χ3n) is 2.97. The van der Waals surface area contributed by atoms with Crippen molar-refractivity contribution in [3.8, 4) is 5.75 Å². The molecule has 20 heavy (non-hydrogen) atoms. The van der Waals surface area contributed by atoms with Gasteiger partial charge < -0.3 is 9.84 Å². The highest BCUT2D eigenvalue weighted by Gasteiger charge is 2.20. The third-order valence-corrected chi connectivity index (χ3v) is 3.22. The van der Waals surface area contributed by atoms with Crippen LogP contribution >= 0.6 is 11.6 Å². The third kappa shape index (κ3) is 3.75. The van der Waals surface area contributed by atoms with E-state index in [4.69, 9.17) is 16.3 Å². The number of hydrogen-bond donors (Lipinski definition) is 1. The largest absolute Gasteiger partial charge is 0.492 e. The first-order valence-corrected chi connectivity index (χ1v) is 6.62.